The number of nitrogens with zero attached hydrogens (tertiary/aromatic N) is 1. The molecule has 0 saturated carbocycles. The quantitative estimate of drug-likeness (QED) is 0.539. The number of carbonyl (C=O) groups excluding carboxylic acids is 2. The van der Waals surface area contributed by atoms with Crippen molar-refractivity contribution in [1.29, 1.82) is 0 Å². The van der Waals surface area contributed by atoms with Gasteiger partial charge in [-0.05, 0) is 17.2 Å². The summed E-state index contributed by atoms with van der Waals surface area (Å²) in [5, 5.41) is 12.7. The molecule has 0 aliphatic rings. The monoisotopic (exact) mass is 395 g/mol. The number of hydrogen-bond donors (Lipinski definition) is 3. The highest BCUT2D eigenvalue weighted by atomic mass is 16.5. The number of carboxylic acid groups (broad SMARTS) is 1. The van der Waals surface area contributed by atoms with Crippen LogP contribution in [0.25, 0.3) is 10.9 Å². The number of fused-ring (bicyclic) bond motifs is 1. The third-order valence-corrected chi connectivity index (χ3v) is 4.42. The molecule has 1 aromatic heterocycles. The summed E-state index contributed by atoms with van der Waals surface area (Å²) in [6.07, 6.45) is 0.895. The predicted octanol–water partition coefficient (Wildman–Crippen LogP) is 2.05. The molecule has 0 saturated heterocycles. The van der Waals surface area contributed by atoms with Crippen molar-refractivity contribution >= 4 is 28.9 Å². The molecule has 2 aromatic carbocycles. The Balaban J connectivity index is 1.73. The first-order chi connectivity index (χ1) is 13.9. The number of para-hydroxylation sites is 1. The molecule has 4 N–H and O–H groups in total. The summed E-state index contributed by atoms with van der Waals surface area (Å²) >= 11 is 0. The standard InChI is InChI=1S/C21H21N3O5/c22-19(25)12-24-11-15(16-8-4-5-9-18(16)24)10-17(20(26)27)23-21(28)29-13-14-6-2-1-3-7-14/h1-9,11,17H,10,12-13H2,(H2,22,25)(H,23,28)(H,26,27). The second-order valence-electron chi connectivity index (χ2n) is 6.57. The molecule has 8 nitrogen and oxygen atoms in total. The van der Waals surface area contributed by atoms with E-state index in [1.165, 1.54) is 0 Å². The average Bonchev–Trinajstić information content (AvgIpc) is 3.03. The molecule has 0 aliphatic carbocycles. The molecule has 0 spiro atoms. The zero-order chi connectivity index (χ0) is 20.8. The van der Waals surface area contributed by atoms with Crippen molar-refractivity contribution in [3.05, 3.63) is 71.9 Å². The maximum absolute atomic E-state index is 12.1. The van der Waals surface area contributed by atoms with Crippen molar-refractivity contribution < 1.29 is 24.2 Å². The molecule has 0 fully saturated rings. The lowest BCUT2D eigenvalue weighted by Crippen LogP contribution is -2.42. The summed E-state index contributed by atoms with van der Waals surface area (Å²) in [7, 11) is 0. The number of nitrogens with one attached hydrogen (secondary N) is 1. The molecule has 1 heterocycles. The maximum atomic E-state index is 12.1. The lowest BCUT2D eigenvalue weighted by molar-refractivity contribution is -0.139. The summed E-state index contributed by atoms with van der Waals surface area (Å²) in [6, 6.07) is 15.2. The summed E-state index contributed by atoms with van der Waals surface area (Å²) in [4.78, 5) is 35.1. The fraction of sp³-hybridized carbons (Fsp3) is 0.190. The van der Waals surface area contributed by atoms with Gasteiger partial charge in [-0.25, -0.2) is 9.59 Å². The number of rotatable bonds is 8. The van der Waals surface area contributed by atoms with Crippen LogP contribution in [0.5, 0.6) is 0 Å². The maximum Gasteiger partial charge on any atom is 0.408 e. The van der Waals surface area contributed by atoms with E-state index < -0.39 is 24.0 Å². The Kier molecular flexibility index (Phi) is 6.13. The summed E-state index contributed by atoms with van der Waals surface area (Å²) in [5.41, 5.74) is 7.53. The van der Waals surface area contributed by atoms with Gasteiger partial charge in [0.2, 0.25) is 5.91 Å². The first kappa shape index (κ1) is 19.9. The normalized spacial score (nSPS) is 11.7. The van der Waals surface area contributed by atoms with Crippen molar-refractivity contribution in [2.45, 2.75) is 25.6 Å². The van der Waals surface area contributed by atoms with Crippen LogP contribution in [0.2, 0.25) is 0 Å². The van der Waals surface area contributed by atoms with Gasteiger partial charge in [-0.1, -0.05) is 48.5 Å². The number of aromatic nitrogens is 1. The molecule has 0 bridgehead atoms. The Morgan fingerprint density at radius 2 is 1.76 bits per heavy atom. The van der Waals surface area contributed by atoms with Crippen LogP contribution in [0.3, 0.4) is 0 Å². The van der Waals surface area contributed by atoms with Gasteiger partial charge in [-0.15, -0.1) is 0 Å². The molecule has 2 amide bonds. The topological polar surface area (TPSA) is 124 Å². The lowest BCUT2D eigenvalue weighted by Gasteiger charge is -2.14. The SMILES string of the molecule is NC(=O)Cn1cc(CC(NC(=O)OCc2ccccc2)C(=O)O)c2ccccc21. The second kappa shape index (κ2) is 8.92. The Morgan fingerprint density at radius 1 is 1.07 bits per heavy atom. The first-order valence-electron chi connectivity index (χ1n) is 8.99. The van der Waals surface area contributed by atoms with E-state index in [2.05, 4.69) is 5.32 Å². The summed E-state index contributed by atoms with van der Waals surface area (Å²) < 4.78 is 6.78. The van der Waals surface area contributed by atoms with E-state index in [0.29, 0.717) is 5.56 Å². The van der Waals surface area contributed by atoms with Gasteiger partial charge in [0.25, 0.3) is 0 Å². The highest BCUT2D eigenvalue weighted by Gasteiger charge is 2.23. The molecule has 1 atom stereocenters. The minimum atomic E-state index is -1.19. The minimum Gasteiger partial charge on any atom is -0.480 e. The van der Waals surface area contributed by atoms with Crippen LogP contribution < -0.4 is 11.1 Å². The Labute approximate surface area is 166 Å². The molecule has 1 unspecified atom stereocenters. The van der Waals surface area contributed by atoms with Crippen molar-refractivity contribution in [3.63, 3.8) is 0 Å². The van der Waals surface area contributed by atoms with Gasteiger partial charge in [0.1, 0.15) is 19.2 Å². The summed E-state index contributed by atoms with van der Waals surface area (Å²) in [6.45, 7) is 0.0156. The van der Waals surface area contributed by atoms with Crippen LogP contribution >= 0.6 is 0 Å². The number of carboxylic acids is 1. The van der Waals surface area contributed by atoms with Gasteiger partial charge in [-0.2, -0.15) is 0 Å². The Bertz CT molecular complexity index is 1030. The van der Waals surface area contributed by atoms with Crippen LogP contribution in [-0.4, -0.2) is 33.7 Å². The number of ether oxygens (including phenoxy) is 1. The van der Waals surface area contributed by atoms with Crippen LogP contribution in [0.15, 0.2) is 60.8 Å². The summed E-state index contributed by atoms with van der Waals surface area (Å²) in [5.74, 6) is -1.69. The van der Waals surface area contributed by atoms with Crippen LogP contribution in [-0.2, 0) is 33.9 Å². The second-order valence-corrected chi connectivity index (χ2v) is 6.57. The average molecular weight is 395 g/mol. The zero-order valence-electron chi connectivity index (χ0n) is 15.6. The van der Waals surface area contributed by atoms with Crippen LogP contribution in [0, 0.1) is 0 Å². The number of nitrogens with two attached hydrogens (primary N) is 1. The van der Waals surface area contributed by atoms with Crippen molar-refractivity contribution in [1.82, 2.24) is 9.88 Å². The van der Waals surface area contributed by atoms with Gasteiger partial charge in [-0.3, -0.25) is 4.79 Å². The van der Waals surface area contributed by atoms with E-state index in [4.69, 9.17) is 10.5 Å². The third kappa shape index (κ3) is 5.13. The largest absolute Gasteiger partial charge is 0.480 e. The van der Waals surface area contributed by atoms with E-state index in [0.717, 1.165) is 16.5 Å². The molecular weight excluding hydrogens is 374 g/mol. The number of aliphatic carboxylic acids is 1. The van der Waals surface area contributed by atoms with Crippen LogP contribution in [0.1, 0.15) is 11.1 Å². The number of carbonyl (C=O) groups is 3. The number of primary amides is 1. The zero-order valence-corrected chi connectivity index (χ0v) is 15.6. The highest BCUT2D eigenvalue weighted by molar-refractivity contribution is 5.87. The first-order valence-corrected chi connectivity index (χ1v) is 8.99. The molecule has 0 aliphatic heterocycles. The smallest absolute Gasteiger partial charge is 0.408 e. The fourth-order valence-electron chi connectivity index (χ4n) is 3.11. The van der Waals surface area contributed by atoms with Crippen molar-refractivity contribution in [2.75, 3.05) is 0 Å². The van der Waals surface area contributed by atoms with Crippen LogP contribution in [0.4, 0.5) is 4.79 Å². The van der Waals surface area contributed by atoms with E-state index in [1.807, 2.05) is 42.5 Å². The van der Waals surface area contributed by atoms with Gasteiger partial charge < -0.3 is 25.5 Å². The Hall–Kier alpha value is -3.81. The molecule has 150 valence electrons. The molecule has 8 heteroatoms. The van der Waals surface area contributed by atoms with Crippen molar-refractivity contribution in [2.24, 2.45) is 5.73 Å². The van der Waals surface area contributed by atoms with Crippen molar-refractivity contribution in [3.8, 4) is 0 Å². The van der Waals surface area contributed by atoms with Gasteiger partial charge in [0.15, 0.2) is 0 Å². The number of benzene rings is 2. The van der Waals surface area contributed by atoms with E-state index in [1.54, 1.807) is 22.9 Å². The molecule has 3 rings (SSSR count). The minimum absolute atomic E-state index is 0.0230. The van der Waals surface area contributed by atoms with E-state index in [9.17, 15) is 19.5 Å². The molecule has 0 radical (unpaired) electrons. The molecular formula is C21H21N3O5. The molecule has 3 aromatic rings. The fourth-order valence-corrected chi connectivity index (χ4v) is 3.11. The molecule has 29 heavy (non-hydrogen) atoms. The number of hydrogen-bond acceptors (Lipinski definition) is 4. The number of amides is 2. The third-order valence-electron chi connectivity index (χ3n) is 4.42. The van der Waals surface area contributed by atoms with Gasteiger partial charge >= 0.3 is 12.1 Å². The highest BCUT2D eigenvalue weighted by Crippen LogP contribution is 2.22. The van der Waals surface area contributed by atoms with Gasteiger partial charge in [0, 0.05) is 23.5 Å². The lowest BCUT2D eigenvalue weighted by atomic mass is 10.1. The predicted molar refractivity (Wildman–Crippen MR) is 106 cm³/mol. The van der Waals surface area contributed by atoms with Gasteiger partial charge in [0.05, 0.1) is 0 Å². The Morgan fingerprint density at radius 3 is 2.45 bits per heavy atom. The number of alkyl carbamates (subject to hydrolysis) is 1. The van der Waals surface area contributed by atoms with E-state index in [-0.39, 0.29) is 19.6 Å². The van der Waals surface area contributed by atoms with E-state index >= 15 is 0 Å².